The number of fused-ring (bicyclic) bond motifs is 1. The number of hydrogen-bond acceptors (Lipinski definition) is 2. The fourth-order valence-electron chi connectivity index (χ4n) is 1.48. The van der Waals surface area contributed by atoms with E-state index in [1.807, 2.05) is 18.2 Å². The van der Waals surface area contributed by atoms with E-state index in [4.69, 9.17) is 28.5 Å². The second kappa shape index (κ2) is 3.61. The van der Waals surface area contributed by atoms with Crippen LogP contribution in [0, 0.1) is 11.3 Å². The monoisotopic (exact) mass is 224 g/mol. The Balaban J connectivity index is 2.63. The second-order valence-electron chi connectivity index (χ2n) is 3.02. The van der Waals surface area contributed by atoms with Crippen LogP contribution in [0.3, 0.4) is 0 Å². The average molecular weight is 225 g/mol. The smallest absolute Gasteiger partial charge is 0.0979 e. The Morgan fingerprint density at radius 2 is 2.36 bits per heavy atom. The number of aromatic nitrogens is 1. The van der Waals surface area contributed by atoms with E-state index in [1.54, 1.807) is 6.20 Å². The van der Waals surface area contributed by atoms with Crippen LogP contribution in [0.25, 0.3) is 5.03 Å². The first-order chi connectivity index (χ1) is 6.74. The largest absolute Gasteiger partial charge is 0.255 e. The molecule has 1 aromatic rings. The summed E-state index contributed by atoms with van der Waals surface area (Å²) in [6.07, 6.45) is 2.27. The summed E-state index contributed by atoms with van der Waals surface area (Å²) in [5, 5.41) is 8.91. The summed E-state index contributed by atoms with van der Waals surface area (Å²) in [4.78, 5) is 4.13. The molecule has 0 saturated carbocycles. The van der Waals surface area contributed by atoms with Crippen molar-refractivity contribution in [3.8, 4) is 6.07 Å². The van der Waals surface area contributed by atoms with Gasteiger partial charge in [0.1, 0.15) is 0 Å². The van der Waals surface area contributed by atoms with Crippen molar-refractivity contribution in [2.75, 3.05) is 0 Å². The van der Waals surface area contributed by atoms with Gasteiger partial charge in [-0.25, -0.2) is 0 Å². The quantitative estimate of drug-likeness (QED) is 0.636. The Bertz CT molecular complexity index is 446. The molecule has 70 valence electrons. The second-order valence-corrected chi connectivity index (χ2v) is 3.93. The summed E-state index contributed by atoms with van der Waals surface area (Å²) in [6.45, 7) is 0. The lowest BCUT2D eigenvalue weighted by Crippen LogP contribution is -2.14. The number of pyridine rings is 1. The van der Waals surface area contributed by atoms with Gasteiger partial charge in [-0.05, 0) is 18.1 Å². The molecule has 1 atom stereocenters. The molecule has 0 fully saturated rings. The predicted molar refractivity (Wildman–Crippen MR) is 56.0 cm³/mol. The van der Waals surface area contributed by atoms with Gasteiger partial charge in [-0.3, -0.25) is 4.98 Å². The fraction of sp³-hybridized carbons (Fsp3) is 0.200. The lowest BCUT2D eigenvalue weighted by molar-refractivity contribution is 0.939. The lowest BCUT2D eigenvalue weighted by atomic mass is 9.96. The van der Waals surface area contributed by atoms with Crippen molar-refractivity contribution in [1.29, 1.82) is 5.26 Å². The first kappa shape index (κ1) is 9.51. The maximum Gasteiger partial charge on any atom is 0.0979 e. The normalized spacial score (nSPS) is 20.2. The van der Waals surface area contributed by atoms with Gasteiger partial charge in [0.2, 0.25) is 0 Å². The maximum atomic E-state index is 8.85. The van der Waals surface area contributed by atoms with E-state index in [9.17, 15) is 0 Å². The fourth-order valence-corrected chi connectivity index (χ4v) is 2.20. The zero-order chi connectivity index (χ0) is 10.1. The van der Waals surface area contributed by atoms with Crippen molar-refractivity contribution in [3.63, 3.8) is 0 Å². The number of rotatable bonds is 0. The van der Waals surface area contributed by atoms with E-state index < -0.39 is 0 Å². The molecule has 1 aliphatic rings. The summed E-state index contributed by atoms with van der Waals surface area (Å²) in [5.41, 5.74) is 2.10. The van der Waals surface area contributed by atoms with Crippen LogP contribution in [0.5, 0.6) is 0 Å². The predicted octanol–water partition coefficient (Wildman–Crippen LogP) is 2.72. The van der Waals surface area contributed by atoms with Crippen molar-refractivity contribution in [2.45, 2.75) is 11.8 Å². The molecular formula is C10H6Cl2N2. The third-order valence-corrected chi connectivity index (χ3v) is 2.92. The summed E-state index contributed by atoms with van der Waals surface area (Å²) >= 11 is 12.0. The molecule has 1 unspecified atom stereocenters. The molecule has 0 aromatic carbocycles. The van der Waals surface area contributed by atoms with E-state index in [2.05, 4.69) is 4.98 Å². The van der Waals surface area contributed by atoms with E-state index in [-0.39, 0.29) is 5.38 Å². The Morgan fingerprint density at radius 1 is 1.57 bits per heavy atom. The van der Waals surface area contributed by atoms with Gasteiger partial charge < -0.3 is 0 Å². The highest BCUT2D eigenvalue weighted by Crippen LogP contribution is 2.34. The van der Waals surface area contributed by atoms with Gasteiger partial charge in [0.15, 0.2) is 0 Å². The van der Waals surface area contributed by atoms with E-state index in [0.717, 1.165) is 5.56 Å². The first-order valence-corrected chi connectivity index (χ1v) is 4.93. The Hall–Kier alpha value is -1.04. The SMILES string of the molecule is N#CC1=C(Cl)c2ncccc2CC1Cl. The third-order valence-electron chi connectivity index (χ3n) is 2.17. The van der Waals surface area contributed by atoms with E-state index >= 15 is 0 Å². The van der Waals surface area contributed by atoms with Crippen molar-refractivity contribution >= 4 is 28.2 Å². The third kappa shape index (κ3) is 1.39. The van der Waals surface area contributed by atoms with E-state index in [1.165, 1.54) is 0 Å². The molecule has 0 spiro atoms. The van der Waals surface area contributed by atoms with Gasteiger partial charge in [0.25, 0.3) is 0 Å². The molecule has 0 aliphatic heterocycles. The molecule has 0 amide bonds. The van der Waals surface area contributed by atoms with Gasteiger partial charge >= 0.3 is 0 Å². The van der Waals surface area contributed by atoms with Gasteiger partial charge in [0.05, 0.1) is 27.7 Å². The van der Waals surface area contributed by atoms with Crippen LogP contribution in [0.2, 0.25) is 0 Å². The summed E-state index contributed by atoms with van der Waals surface area (Å²) < 4.78 is 0. The Kier molecular flexibility index (Phi) is 2.45. The molecule has 2 nitrogen and oxygen atoms in total. The van der Waals surface area contributed by atoms with Gasteiger partial charge in [-0.2, -0.15) is 5.26 Å². The van der Waals surface area contributed by atoms with Crippen LogP contribution in [-0.2, 0) is 6.42 Å². The number of halogens is 2. The molecule has 1 aliphatic carbocycles. The van der Waals surface area contributed by atoms with Crippen LogP contribution in [-0.4, -0.2) is 10.4 Å². The molecule has 0 saturated heterocycles. The van der Waals surface area contributed by atoms with Gasteiger partial charge in [-0.1, -0.05) is 17.7 Å². The molecule has 1 heterocycles. The zero-order valence-corrected chi connectivity index (χ0v) is 8.68. The van der Waals surface area contributed by atoms with Gasteiger partial charge in [-0.15, -0.1) is 11.6 Å². The minimum Gasteiger partial charge on any atom is -0.255 e. The van der Waals surface area contributed by atoms with Gasteiger partial charge in [0, 0.05) is 6.20 Å². The first-order valence-electron chi connectivity index (χ1n) is 4.12. The summed E-state index contributed by atoms with van der Waals surface area (Å²) in [6, 6.07) is 5.78. The lowest BCUT2D eigenvalue weighted by Gasteiger charge is -2.18. The molecule has 0 bridgehead atoms. The average Bonchev–Trinajstić information content (AvgIpc) is 2.18. The zero-order valence-electron chi connectivity index (χ0n) is 7.17. The van der Waals surface area contributed by atoms with Crippen molar-refractivity contribution in [2.24, 2.45) is 0 Å². The van der Waals surface area contributed by atoms with Crippen LogP contribution in [0.15, 0.2) is 23.9 Å². The molecule has 4 heteroatoms. The Labute approximate surface area is 91.8 Å². The van der Waals surface area contributed by atoms with Crippen LogP contribution in [0.4, 0.5) is 0 Å². The van der Waals surface area contributed by atoms with Crippen molar-refractivity contribution < 1.29 is 0 Å². The minimum atomic E-state index is -0.329. The molecule has 2 rings (SSSR count). The highest BCUT2D eigenvalue weighted by atomic mass is 35.5. The molecule has 0 radical (unpaired) electrons. The number of alkyl halides is 1. The number of allylic oxidation sites excluding steroid dienone is 1. The molecule has 0 N–H and O–H groups in total. The maximum absolute atomic E-state index is 8.85. The molecular weight excluding hydrogens is 219 g/mol. The Morgan fingerprint density at radius 3 is 3.07 bits per heavy atom. The topological polar surface area (TPSA) is 36.7 Å². The van der Waals surface area contributed by atoms with Crippen molar-refractivity contribution in [1.82, 2.24) is 4.98 Å². The molecule has 1 aromatic heterocycles. The number of hydrogen-bond donors (Lipinski definition) is 0. The van der Waals surface area contributed by atoms with Crippen molar-refractivity contribution in [3.05, 3.63) is 35.2 Å². The van der Waals surface area contributed by atoms with Crippen LogP contribution < -0.4 is 0 Å². The number of nitriles is 1. The summed E-state index contributed by atoms with van der Waals surface area (Å²) in [7, 11) is 0. The van der Waals surface area contributed by atoms with Crippen LogP contribution >= 0.6 is 23.2 Å². The highest BCUT2D eigenvalue weighted by Gasteiger charge is 2.25. The van der Waals surface area contributed by atoms with E-state index in [0.29, 0.717) is 22.7 Å². The van der Waals surface area contributed by atoms with Crippen LogP contribution in [0.1, 0.15) is 11.3 Å². The standard InChI is InChI=1S/C10H6Cl2N2/c11-8-4-6-2-1-3-14-10(6)9(12)7(8)5-13/h1-3,8H,4H2. The number of nitrogens with zero attached hydrogens (tertiary/aromatic N) is 2. The highest BCUT2D eigenvalue weighted by molar-refractivity contribution is 6.50. The minimum absolute atomic E-state index is 0.329. The molecule has 14 heavy (non-hydrogen) atoms. The summed E-state index contributed by atoms with van der Waals surface area (Å²) in [5.74, 6) is 0.